The van der Waals surface area contributed by atoms with Gasteiger partial charge in [-0.2, -0.15) is 13.2 Å². The average molecular weight is 275 g/mol. The van der Waals surface area contributed by atoms with Crippen molar-refractivity contribution in [1.82, 2.24) is 5.32 Å². The Morgan fingerprint density at radius 3 is 2.05 bits per heavy atom. The summed E-state index contributed by atoms with van der Waals surface area (Å²) in [6.07, 6.45) is -4.02. The molecule has 0 aliphatic carbocycles. The van der Waals surface area contributed by atoms with Crippen LogP contribution in [0, 0.1) is 0 Å². The highest BCUT2D eigenvalue weighted by Gasteiger charge is 2.57. The summed E-state index contributed by atoms with van der Waals surface area (Å²) in [5, 5.41) is 10.8. The van der Waals surface area contributed by atoms with E-state index in [1.165, 1.54) is 0 Å². The molecule has 3 nitrogen and oxygen atoms in total. The molecular formula is C13H16F3NO2. The molecule has 0 aliphatic rings. The highest BCUT2D eigenvalue weighted by molar-refractivity contribution is 5.79. The molecule has 0 aliphatic heterocycles. The molecule has 0 radical (unpaired) electrons. The Kier molecular flexibility index (Phi) is 4.57. The lowest BCUT2D eigenvalue weighted by molar-refractivity contribution is -0.206. The van der Waals surface area contributed by atoms with Gasteiger partial charge >= 0.3 is 12.1 Å². The van der Waals surface area contributed by atoms with Crippen molar-refractivity contribution < 1.29 is 23.1 Å². The first-order valence-corrected chi connectivity index (χ1v) is 5.83. The number of benzene rings is 1. The Morgan fingerprint density at radius 2 is 1.68 bits per heavy atom. The van der Waals surface area contributed by atoms with Crippen LogP contribution >= 0.6 is 0 Å². The van der Waals surface area contributed by atoms with E-state index in [-0.39, 0.29) is 6.54 Å². The zero-order chi connectivity index (χ0) is 14.7. The second kappa shape index (κ2) is 5.61. The van der Waals surface area contributed by atoms with Crippen LogP contribution in [-0.2, 0) is 17.8 Å². The summed E-state index contributed by atoms with van der Waals surface area (Å²) < 4.78 is 38.2. The Bertz CT molecular complexity index is 442. The van der Waals surface area contributed by atoms with E-state index in [9.17, 15) is 18.0 Å². The van der Waals surface area contributed by atoms with Crippen LogP contribution in [-0.4, -0.2) is 22.8 Å². The Labute approximate surface area is 109 Å². The number of halogens is 3. The molecule has 1 rings (SSSR count). The first-order chi connectivity index (χ1) is 8.70. The molecule has 2 N–H and O–H groups in total. The number of alkyl halides is 3. The van der Waals surface area contributed by atoms with Crippen LogP contribution in [0.5, 0.6) is 0 Å². The molecule has 6 heteroatoms. The maximum Gasteiger partial charge on any atom is 0.417 e. The summed E-state index contributed by atoms with van der Waals surface area (Å²) in [7, 11) is 0. The van der Waals surface area contributed by atoms with Crippen LogP contribution in [0.1, 0.15) is 25.0 Å². The van der Waals surface area contributed by atoms with Crippen molar-refractivity contribution in [2.45, 2.75) is 38.5 Å². The van der Waals surface area contributed by atoms with E-state index >= 15 is 0 Å². The van der Waals surface area contributed by atoms with E-state index in [0.29, 0.717) is 12.5 Å². The predicted molar refractivity (Wildman–Crippen MR) is 64.8 cm³/mol. The van der Waals surface area contributed by atoms with Crippen LogP contribution < -0.4 is 5.32 Å². The Balaban J connectivity index is 2.80. The molecule has 0 saturated heterocycles. The summed E-state index contributed by atoms with van der Waals surface area (Å²) in [6.45, 7) is 2.43. The second-order valence-corrected chi connectivity index (χ2v) is 4.45. The molecule has 0 saturated carbocycles. The van der Waals surface area contributed by atoms with Crippen molar-refractivity contribution in [2.24, 2.45) is 0 Å². The number of carbonyl (C=O) groups is 1. The van der Waals surface area contributed by atoms with Gasteiger partial charge in [0.15, 0.2) is 0 Å². The summed E-state index contributed by atoms with van der Waals surface area (Å²) >= 11 is 0. The predicted octanol–water partition coefficient (Wildman–Crippen LogP) is 2.74. The van der Waals surface area contributed by atoms with Crippen molar-refractivity contribution in [2.75, 3.05) is 0 Å². The van der Waals surface area contributed by atoms with Crippen molar-refractivity contribution in [3.05, 3.63) is 35.4 Å². The van der Waals surface area contributed by atoms with E-state index in [1.807, 2.05) is 19.1 Å². The maximum atomic E-state index is 12.7. The summed E-state index contributed by atoms with van der Waals surface area (Å²) in [6, 6.07) is 6.99. The van der Waals surface area contributed by atoms with Gasteiger partial charge in [-0.05, 0) is 24.5 Å². The minimum atomic E-state index is -4.86. The number of hydrogen-bond acceptors (Lipinski definition) is 2. The minimum absolute atomic E-state index is 0.160. The molecule has 0 aromatic heterocycles. The molecule has 1 aromatic carbocycles. The number of hydrogen-bond donors (Lipinski definition) is 2. The fraction of sp³-hybridized carbons (Fsp3) is 0.462. The fourth-order valence-corrected chi connectivity index (χ4v) is 1.47. The lowest BCUT2D eigenvalue weighted by Gasteiger charge is -2.28. The molecule has 0 spiro atoms. The number of rotatable bonds is 5. The van der Waals surface area contributed by atoms with Crippen LogP contribution in [0.15, 0.2) is 24.3 Å². The van der Waals surface area contributed by atoms with Gasteiger partial charge in [-0.15, -0.1) is 0 Å². The molecule has 0 heterocycles. The standard InChI is InChI=1S/C13H16F3NO2/c1-3-9-4-6-10(7-5-9)8-17-12(2,11(18)19)13(14,15)16/h4-7,17H,3,8H2,1-2H3,(H,18,19). The van der Waals surface area contributed by atoms with Gasteiger partial charge in [0.1, 0.15) is 0 Å². The van der Waals surface area contributed by atoms with Crippen LogP contribution in [0.25, 0.3) is 0 Å². The molecule has 1 unspecified atom stereocenters. The van der Waals surface area contributed by atoms with Crippen molar-refractivity contribution in [3.63, 3.8) is 0 Å². The topological polar surface area (TPSA) is 49.3 Å². The quantitative estimate of drug-likeness (QED) is 0.868. The largest absolute Gasteiger partial charge is 0.480 e. The average Bonchev–Trinajstić information content (AvgIpc) is 2.34. The Morgan fingerprint density at radius 1 is 1.21 bits per heavy atom. The van der Waals surface area contributed by atoms with Crippen LogP contribution in [0.3, 0.4) is 0 Å². The number of carboxylic acids is 1. The zero-order valence-electron chi connectivity index (χ0n) is 10.7. The van der Waals surface area contributed by atoms with E-state index in [0.717, 1.165) is 12.0 Å². The normalized spacial score (nSPS) is 15.0. The maximum absolute atomic E-state index is 12.7. The molecule has 0 bridgehead atoms. The summed E-state index contributed by atoms with van der Waals surface area (Å²) in [4.78, 5) is 10.8. The highest BCUT2D eigenvalue weighted by Crippen LogP contribution is 2.30. The number of nitrogens with one attached hydrogen (secondary N) is 1. The van der Waals surface area contributed by atoms with Gasteiger partial charge in [0.25, 0.3) is 0 Å². The van der Waals surface area contributed by atoms with Crippen LogP contribution in [0.4, 0.5) is 13.2 Å². The molecule has 1 atom stereocenters. The number of carboxylic acid groups (broad SMARTS) is 1. The van der Waals surface area contributed by atoms with Gasteiger partial charge in [0.2, 0.25) is 5.54 Å². The SMILES string of the molecule is CCc1ccc(CNC(C)(C(=O)O)C(F)(F)F)cc1. The van der Waals surface area contributed by atoms with Gasteiger partial charge < -0.3 is 5.11 Å². The van der Waals surface area contributed by atoms with Crippen LogP contribution in [0.2, 0.25) is 0 Å². The molecular weight excluding hydrogens is 259 g/mol. The van der Waals surface area contributed by atoms with Gasteiger partial charge in [0, 0.05) is 6.54 Å². The fourth-order valence-electron chi connectivity index (χ4n) is 1.47. The monoisotopic (exact) mass is 275 g/mol. The molecule has 0 fully saturated rings. The second-order valence-electron chi connectivity index (χ2n) is 4.45. The van der Waals surface area contributed by atoms with Crippen molar-refractivity contribution in [1.29, 1.82) is 0 Å². The van der Waals surface area contributed by atoms with Gasteiger partial charge in [0.05, 0.1) is 0 Å². The third kappa shape index (κ3) is 3.47. The van der Waals surface area contributed by atoms with Crippen molar-refractivity contribution >= 4 is 5.97 Å². The molecule has 1 aromatic rings. The van der Waals surface area contributed by atoms with Gasteiger partial charge in [-0.3, -0.25) is 5.32 Å². The zero-order valence-corrected chi connectivity index (χ0v) is 10.7. The molecule has 106 valence electrons. The smallest absolute Gasteiger partial charge is 0.417 e. The Hall–Kier alpha value is -1.56. The van der Waals surface area contributed by atoms with Gasteiger partial charge in [-0.1, -0.05) is 31.2 Å². The molecule has 19 heavy (non-hydrogen) atoms. The lowest BCUT2D eigenvalue weighted by Crippen LogP contribution is -2.59. The van der Waals surface area contributed by atoms with Crippen molar-refractivity contribution in [3.8, 4) is 0 Å². The highest BCUT2D eigenvalue weighted by atomic mass is 19.4. The number of aryl methyl sites for hydroxylation is 1. The van der Waals surface area contributed by atoms with Gasteiger partial charge in [-0.25, -0.2) is 4.79 Å². The first-order valence-electron chi connectivity index (χ1n) is 5.83. The molecule has 0 amide bonds. The lowest BCUT2D eigenvalue weighted by atomic mass is 10.0. The van der Waals surface area contributed by atoms with E-state index in [4.69, 9.17) is 5.11 Å². The third-order valence-corrected chi connectivity index (χ3v) is 3.07. The summed E-state index contributed by atoms with van der Waals surface area (Å²) in [5.74, 6) is -1.94. The van der Waals surface area contributed by atoms with E-state index in [1.54, 1.807) is 12.1 Å². The van der Waals surface area contributed by atoms with E-state index < -0.39 is 17.7 Å². The minimum Gasteiger partial charge on any atom is -0.480 e. The third-order valence-electron chi connectivity index (χ3n) is 3.07. The first kappa shape index (κ1) is 15.5. The number of aliphatic carboxylic acids is 1. The summed E-state index contributed by atoms with van der Waals surface area (Å²) in [5.41, 5.74) is -1.27. The van der Waals surface area contributed by atoms with E-state index in [2.05, 4.69) is 5.32 Å².